The predicted octanol–water partition coefficient (Wildman–Crippen LogP) is 3.61. The topological polar surface area (TPSA) is 12.0 Å². The number of thiophene rings is 1. The third-order valence-electron chi connectivity index (χ3n) is 2.96. The van der Waals surface area contributed by atoms with Crippen molar-refractivity contribution in [3.05, 3.63) is 21.9 Å². The van der Waals surface area contributed by atoms with Gasteiger partial charge in [0, 0.05) is 15.8 Å². The van der Waals surface area contributed by atoms with Crippen molar-refractivity contribution in [1.82, 2.24) is 5.32 Å². The molecule has 1 aromatic rings. The first-order chi connectivity index (χ1) is 6.56. The molecule has 14 heavy (non-hydrogen) atoms. The molecule has 0 aliphatic heterocycles. The zero-order chi connectivity index (χ0) is 10.7. The van der Waals surface area contributed by atoms with E-state index in [1.54, 1.807) is 0 Å². The Balaban J connectivity index is 2.81. The molecule has 2 unspecified atom stereocenters. The van der Waals surface area contributed by atoms with Crippen molar-refractivity contribution in [2.24, 2.45) is 11.8 Å². The van der Waals surface area contributed by atoms with Crippen LogP contribution in [0.2, 0.25) is 0 Å². The molecule has 0 radical (unpaired) electrons. The fourth-order valence-electron chi connectivity index (χ4n) is 1.67. The van der Waals surface area contributed by atoms with Crippen LogP contribution < -0.4 is 5.32 Å². The summed E-state index contributed by atoms with van der Waals surface area (Å²) in [5.41, 5.74) is 0. The predicted molar refractivity (Wildman–Crippen MR) is 64.9 cm³/mol. The van der Waals surface area contributed by atoms with Crippen LogP contribution in [0.25, 0.3) is 0 Å². The molecule has 1 nitrogen and oxygen atoms in total. The Bertz CT molecular complexity index is 278. The molecular formula is C12H21NS. The molecule has 0 aromatic carbocycles. The van der Waals surface area contributed by atoms with Crippen LogP contribution in [0.5, 0.6) is 0 Å². The van der Waals surface area contributed by atoms with Crippen LogP contribution in [0, 0.1) is 18.8 Å². The van der Waals surface area contributed by atoms with Gasteiger partial charge in [-0.15, -0.1) is 11.3 Å². The maximum Gasteiger partial charge on any atom is 0.0440 e. The van der Waals surface area contributed by atoms with Gasteiger partial charge < -0.3 is 5.32 Å². The van der Waals surface area contributed by atoms with E-state index < -0.39 is 0 Å². The van der Waals surface area contributed by atoms with Crippen LogP contribution in [0.3, 0.4) is 0 Å². The Morgan fingerprint density at radius 1 is 1.21 bits per heavy atom. The lowest BCUT2D eigenvalue weighted by atomic mass is 9.89. The lowest BCUT2D eigenvalue weighted by Crippen LogP contribution is -2.25. The Hall–Kier alpha value is -0.340. The zero-order valence-corrected chi connectivity index (χ0v) is 10.6. The molecule has 1 heterocycles. The van der Waals surface area contributed by atoms with Crippen LogP contribution in [-0.4, -0.2) is 7.05 Å². The van der Waals surface area contributed by atoms with E-state index in [1.807, 2.05) is 11.3 Å². The van der Waals surface area contributed by atoms with Crippen molar-refractivity contribution in [1.29, 1.82) is 0 Å². The van der Waals surface area contributed by atoms with Crippen molar-refractivity contribution in [2.45, 2.75) is 33.7 Å². The Morgan fingerprint density at radius 3 is 2.21 bits per heavy atom. The van der Waals surface area contributed by atoms with Gasteiger partial charge in [-0.3, -0.25) is 0 Å². The van der Waals surface area contributed by atoms with E-state index >= 15 is 0 Å². The maximum absolute atomic E-state index is 3.42. The zero-order valence-electron chi connectivity index (χ0n) is 9.79. The average Bonchev–Trinajstić information content (AvgIpc) is 2.53. The Labute approximate surface area is 91.5 Å². The first-order valence-corrected chi connectivity index (χ1v) is 6.11. The van der Waals surface area contributed by atoms with E-state index in [0.29, 0.717) is 12.0 Å². The fourth-order valence-corrected chi connectivity index (χ4v) is 2.77. The summed E-state index contributed by atoms with van der Waals surface area (Å²) >= 11 is 1.90. The Morgan fingerprint density at radius 2 is 1.86 bits per heavy atom. The molecule has 0 saturated heterocycles. The minimum absolute atomic E-state index is 0.508. The second-order valence-corrected chi connectivity index (χ2v) is 5.64. The molecule has 1 N–H and O–H groups in total. The molecule has 0 bridgehead atoms. The highest BCUT2D eigenvalue weighted by atomic mass is 32.1. The number of aryl methyl sites for hydroxylation is 1. The third-order valence-corrected chi connectivity index (χ3v) is 4.04. The summed E-state index contributed by atoms with van der Waals surface area (Å²) in [5, 5.41) is 3.42. The van der Waals surface area contributed by atoms with Gasteiger partial charge in [0.05, 0.1) is 0 Å². The van der Waals surface area contributed by atoms with E-state index in [-0.39, 0.29) is 0 Å². The van der Waals surface area contributed by atoms with Crippen molar-refractivity contribution in [3.63, 3.8) is 0 Å². The molecule has 0 amide bonds. The molecule has 0 saturated carbocycles. The molecule has 1 aromatic heterocycles. The fraction of sp³-hybridized carbons (Fsp3) is 0.667. The number of hydrogen-bond donors (Lipinski definition) is 1. The van der Waals surface area contributed by atoms with E-state index in [9.17, 15) is 0 Å². The third kappa shape index (κ3) is 2.58. The number of nitrogens with one attached hydrogen (secondary N) is 1. The van der Waals surface area contributed by atoms with Crippen LogP contribution in [0.4, 0.5) is 0 Å². The average molecular weight is 211 g/mol. The summed E-state index contributed by atoms with van der Waals surface area (Å²) in [6.07, 6.45) is 0. The minimum atomic E-state index is 0.508. The quantitative estimate of drug-likeness (QED) is 0.802. The lowest BCUT2D eigenvalue weighted by molar-refractivity contribution is 0.321. The second-order valence-electron chi connectivity index (χ2n) is 4.32. The smallest absolute Gasteiger partial charge is 0.0440 e. The SMILES string of the molecule is CNC(c1ccc(C)s1)C(C)C(C)C. The van der Waals surface area contributed by atoms with Gasteiger partial charge in [-0.05, 0) is 37.9 Å². The van der Waals surface area contributed by atoms with Crippen molar-refractivity contribution in [2.75, 3.05) is 7.05 Å². The summed E-state index contributed by atoms with van der Waals surface area (Å²) in [5.74, 6) is 1.40. The van der Waals surface area contributed by atoms with E-state index in [4.69, 9.17) is 0 Å². The highest BCUT2D eigenvalue weighted by Gasteiger charge is 2.21. The van der Waals surface area contributed by atoms with Crippen LogP contribution in [0.15, 0.2) is 12.1 Å². The largest absolute Gasteiger partial charge is 0.312 e. The van der Waals surface area contributed by atoms with Crippen molar-refractivity contribution >= 4 is 11.3 Å². The van der Waals surface area contributed by atoms with Crippen molar-refractivity contribution < 1.29 is 0 Å². The van der Waals surface area contributed by atoms with Gasteiger partial charge in [0.15, 0.2) is 0 Å². The van der Waals surface area contributed by atoms with Crippen LogP contribution >= 0.6 is 11.3 Å². The van der Waals surface area contributed by atoms with Gasteiger partial charge in [0.25, 0.3) is 0 Å². The standard InChI is InChI=1S/C12H21NS/c1-8(2)10(4)12(13-5)11-7-6-9(3)14-11/h6-8,10,12-13H,1-5H3. The van der Waals surface area contributed by atoms with Gasteiger partial charge in [0.1, 0.15) is 0 Å². The maximum atomic E-state index is 3.42. The molecule has 2 heteroatoms. The van der Waals surface area contributed by atoms with E-state index in [0.717, 1.165) is 5.92 Å². The summed E-state index contributed by atoms with van der Waals surface area (Å²) < 4.78 is 0. The highest BCUT2D eigenvalue weighted by Crippen LogP contribution is 2.31. The first kappa shape index (κ1) is 11.7. The highest BCUT2D eigenvalue weighted by molar-refractivity contribution is 7.12. The van der Waals surface area contributed by atoms with E-state index in [2.05, 4.69) is 52.2 Å². The molecular weight excluding hydrogens is 190 g/mol. The normalized spacial score (nSPS) is 15.9. The van der Waals surface area contributed by atoms with Gasteiger partial charge in [-0.2, -0.15) is 0 Å². The summed E-state index contributed by atoms with van der Waals surface area (Å²) in [4.78, 5) is 2.86. The molecule has 0 fully saturated rings. The van der Waals surface area contributed by atoms with E-state index in [1.165, 1.54) is 9.75 Å². The Kier molecular flexibility index (Phi) is 4.14. The van der Waals surface area contributed by atoms with Crippen LogP contribution in [0.1, 0.15) is 36.6 Å². The number of rotatable bonds is 4. The first-order valence-electron chi connectivity index (χ1n) is 5.29. The lowest BCUT2D eigenvalue weighted by Gasteiger charge is -2.25. The van der Waals surface area contributed by atoms with Gasteiger partial charge in [-0.1, -0.05) is 20.8 Å². The molecule has 1 rings (SSSR count). The number of hydrogen-bond acceptors (Lipinski definition) is 2. The van der Waals surface area contributed by atoms with Gasteiger partial charge in [-0.25, -0.2) is 0 Å². The molecule has 0 spiro atoms. The molecule has 0 aliphatic rings. The van der Waals surface area contributed by atoms with Gasteiger partial charge in [0.2, 0.25) is 0 Å². The minimum Gasteiger partial charge on any atom is -0.312 e. The van der Waals surface area contributed by atoms with Gasteiger partial charge >= 0.3 is 0 Å². The summed E-state index contributed by atoms with van der Waals surface area (Å²) in [6, 6.07) is 4.96. The molecule has 0 aliphatic carbocycles. The second kappa shape index (κ2) is 4.94. The van der Waals surface area contributed by atoms with Crippen LogP contribution in [-0.2, 0) is 0 Å². The summed E-state index contributed by atoms with van der Waals surface area (Å²) in [7, 11) is 2.05. The monoisotopic (exact) mass is 211 g/mol. The summed E-state index contributed by atoms with van der Waals surface area (Å²) in [6.45, 7) is 9.06. The molecule has 80 valence electrons. The van der Waals surface area contributed by atoms with Crippen molar-refractivity contribution in [3.8, 4) is 0 Å². The molecule has 2 atom stereocenters.